The summed E-state index contributed by atoms with van der Waals surface area (Å²) in [6, 6.07) is 9.24. The Bertz CT molecular complexity index is 854. The van der Waals surface area contributed by atoms with Crippen LogP contribution in [-0.2, 0) is 20.7 Å². The average Bonchev–Trinajstić information content (AvgIpc) is 2.57. The molecule has 1 N–H and O–H groups in total. The summed E-state index contributed by atoms with van der Waals surface area (Å²) in [6.45, 7) is 3.21. The van der Waals surface area contributed by atoms with Crippen molar-refractivity contribution in [3.63, 3.8) is 0 Å². The molecule has 0 saturated heterocycles. The number of esters is 1. The van der Waals surface area contributed by atoms with Gasteiger partial charge in [-0.15, -0.1) is 0 Å². The number of ether oxygens (including phenoxy) is 1. The number of anilines is 1. The second-order valence-corrected chi connectivity index (χ2v) is 6.50. The summed E-state index contributed by atoms with van der Waals surface area (Å²) in [7, 11) is 0. The first-order chi connectivity index (χ1) is 12.4. The molecule has 1 amide bonds. The molecule has 0 bridgehead atoms. The Labute approximate surface area is 155 Å². The van der Waals surface area contributed by atoms with Crippen LogP contribution in [0.3, 0.4) is 0 Å². The number of hydrogen-bond acceptors (Lipinski definition) is 5. The van der Waals surface area contributed by atoms with Crippen molar-refractivity contribution in [1.29, 1.82) is 5.26 Å². The third kappa shape index (κ3) is 5.60. The lowest BCUT2D eigenvalue weighted by Gasteiger charge is -2.13. The highest BCUT2D eigenvalue weighted by molar-refractivity contribution is 8.03. The summed E-state index contributed by atoms with van der Waals surface area (Å²) in [5.41, 5.74) is 2.72. The molecule has 2 aromatic rings. The first kappa shape index (κ1) is 19.5. The quantitative estimate of drug-likeness (QED) is 0.475. The van der Waals surface area contributed by atoms with Gasteiger partial charge in [0.15, 0.2) is 6.61 Å². The third-order valence-corrected chi connectivity index (χ3v) is 4.10. The zero-order valence-electron chi connectivity index (χ0n) is 14.3. The molecule has 2 aromatic carbocycles. The fraction of sp³-hybridized carbons (Fsp3) is 0.211. The number of carbonyl (C=O) groups is 2. The second-order valence-electron chi connectivity index (χ2n) is 5.64. The van der Waals surface area contributed by atoms with Crippen molar-refractivity contribution in [3.05, 3.63) is 58.9 Å². The number of carbonyl (C=O) groups excluding carboxylic acids is 2. The number of thiocyanates is 1. The SMILES string of the molecule is Cc1cc(SC#N)cc(C)c1NC(=O)COC(=O)Cc1cccc(F)c1. The van der Waals surface area contributed by atoms with Gasteiger partial charge in [0.05, 0.1) is 6.42 Å². The van der Waals surface area contributed by atoms with E-state index in [0.29, 0.717) is 11.3 Å². The first-order valence-corrected chi connectivity index (χ1v) is 8.58. The molecule has 134 valence electrons. The lowest BCUT2D eigenvalue weighted by atomic mass is 10.1. The molecule has 2 rings (SSSR count). The maximum absolute atomic E-state index is 13.1. The minimum atomic E-state index is -0.611. The number of amides is 1. The van der Waals surface area contributed by atoms with Crippen molar-refractivity contribution in [3.8, 4) is 5.40 Å². The van der Waals surface area contributed by atoms with E-state index in [1.54, 1.807) is 18.2 Å². The molecule has 0 heterocycles. The molecule has 0 atom stereocenters. The molecule has 0 aromatic heterocycles. The Morgan fingerprint density at radius 2 is 1.92 bits per heavy atom. The number of nitrogens with zero attached hydrogens (tertiary/aromatic N) is 1. The summed E-state index contributed by atoms with van der Waals surface area (Å²) in [5.74, 6) is -1.51. The predicted molar refractivity (Wildman–Crippen MR) is 97.1 cm³/mol. The lowest BCUT2D eigenvalue weighted by Crippen LogP contribution is -2.22. The Kier molecular flexibility index (Phi) is 6.75. The van der Waals surface area contributed by atoms with Crippen LogP contribution in [-0.4, -0.2) is 18.5 Å². The number of nitriles is 1. The van der Waals surface area contributed by atoms with Gasteiger partial charge in [0, 0.05) is 10.6 Å². The van der Waals surface area contributed by atoms with Crippen LogP contribution in [0.1, 0.15) is 16.7 Å². The zero-order valence-corrected chi connectivity index (χ0v) is 15.2. The number of halogens is 1. The van der Waals surface area contributed by atoms with Gasteiger partial charge in [-0.25, -0.2) is 4.39 Å². The fourth-order valence-electron chi connectivity index (χ4n) is 2.42. The van der Waals surface area contributed by atoms with Gasteiger partial charge in [-0.05, 0) is 66.6 Å². The summed E-state index contributed by atoms with van der Waals surface area (Å²) in [4.78, 5) is 24.6. The highest BCUT2D eigenvalue weighted by Crippen LogP contribution is 2.27. The molecule has 0 unspecified atom stereocenters. The van der Waals surface area contributed by atoms with Crippen LogP contribution < -0.4 is 5.32 Å². The molecule has 26 heavy (non-hydrogen) atoms. The number of hydrogen-bond donors (Lipinski definition) is 1. The summed E-state index contributed by atoms with van der Waals surface area (Å²) in [6.07, 6.45) is -0.108. The number of benzene rings is 2. The van der Waals surface area contributed by atoms with E-state index in [1.807, 2.05) is 19.2 Å². The Hall–Kier alpha value is -2.85. The fourth-order valence-corrected chi connectivity index (χ4v) is 3.00. The van der Waals surface area contributed by atoms with Crippen molar-refractivity contribution < 1.29 is 18.7 Å². The smallest absolute Gasteiger partial charge is 0.310 e. The molecule has 0 radical (unpaired) electrons. The Balaban J connectivity index is 1.91. The highest BCUT2D eigenvalue weighted by atomic mass is 32.2. The first-order valence-electron chi connectivity index (χ1n) is 7.76. The van der Waals surface area contributed by atoms with Gasteiger partial charge < -0.3 is 10.1 Å². The Morgan fingerprint density at radius 3 is 2.54 bits per heavy atom. The number of aryl methyl sites for hydroxylation is 2. The van der Waals surface area contributed by atoms with Crippen molar-refractivity contribution >= 4 is 29.3 Å². The minimum absolute atomic E-state index is 0.108. The summed E-state index contributed by atoms with van der Waals surface area (Å²) >= 11 is 1.04. The predicted octanol–water partition coefficient (Wildman–Crippen LogP) is 3.74. The Morgan fingerprint density at radius 1 is 1.23 bits per heavy atom. The molecule has 0 spiro atoms. The monoisotopic (exact) mass is 372 g/mol. The van der Waals surface area contributed by atoms with Crippen LogP contribution in [0.5, 0.6) is 0 Å². The molecule has 0 saturated carbocycles. The van der Waals surface area contributed by atoms with Gasteiger partial charge in [0.25, 0.3) is 5.91 Å². The number of nitrogens with one attached hydrogen (secondary N) is 1. The molecule has 7 heteroatoms. The van der Waals surface area contributed by atoms with Crippen LogP contribution >= 0.6 is 11.8 Å². The highest BCUT2D eigenvalue weighted by Gasteiger charge is 2.12. The van der Waals surface area contributed by atoms with Crippen LogP contribution in [0, 0.1) is 30.3 Å². The van der Waals surface area contributed by atoms with Gasteiger partial charge in [-0.2, -0.15) is 5.26 Å². The van der Waals surface area contributed by atoms with Crippen molar-refractivity contribution in [2.75, 3.05) is 11.9 Å². The molecular weight excluding hydrogens is 355 g/mol. The van der Waals surface area contributed by atoms with Crippen molar-refractivity contribution in [2.45, 2.75) is 25.2 Å². The maximum Gasteiger partial charge on any atom is 0.310 e. The summed E-state index contributed by atoms with van der Waals surface area (Å²) in [5, 5.41) is 13.4. The van der Waals surface area contributed by atoms with E-state index in [2.05, 4.69) is 5.32 Å². The van der Waals surface area contributed by atoms with Gasteiger partial charge in [0.1, 0.15) is 11.2 Å². The van der Waals surface area contributed by atoms with Crippen LogP contribution in [0.4, 0.5) is 10.1 Å². The van der Waals surface area contributed by atoms with Crippen LogP contribution in [0.25, 0.3) is 0 Å². The van der Waals surface area contributed by atoms with E-state index in [-0.39, 0.29) is 6.42 Å². The van der Waals surface area contributed by atoms with Crippen molar-refractivity contribution in [2.24, 2.45) is 0 Å². The number of thioether (sulfide) groups is 1. The second kappa shape index (κ2) is 9.02. The topological polar surface area (TPSA) is 79.2 Å². The molecule has 0 fully saturated rings. The van der Waals surface area contributed by atoms with Gasteiger partial charge >= 0.3 is 5.97 Å². The average molecular weight is 372 g/mol. The molecule has 0 aliphatic heterocycles. The van der Waals surface area contributed by atoms with Crippen LogP contribution in [0.2, 0.25) is 0 Å². The standard InChI is InChI=1S/C19H17FN2O3S/c1-12-6-16(26-11-21)7-13(2)19(12)22-17(23)10-25-18(24)9-14-4-3-5-15(20)8-14/h3-8H,9-10H2,1-2H3,(H,22,23). The minimum Gasteiger partial charge on any atom is -0.455 e. The van der Waals surface area contributed by atoms with Gasteiger partial charge in [-0.3, -0.25) is 9.59 Å². The van der Waals surface area contributed by atoms with E-state index in [0.717, 1.165) is 27.8 Å². The zero-order chi connectivity index (χ0) is 19.1. The molecule has 5 nitrogen and oxygen atoms in total. The van der Waals surface area contributed by atoms with E-state index in [4.69, 9.17) is 10.00 Å². The third-order valence-electron chi connectivity index (χ3n) is 3.54. The normalized spacial score (nSPS) is 10.1. The lowest BCUT2D eigenvalue weighted by molar-refractivity contribution is -0.146. The molecular formula is C19H17FN2O3S. The van der Waals surface area contributed by atoms with E-state index < -0.39 is 24.3 Å². The van der Waals surface area contributed by atoms with E-state index in [1.165, 1.54) is 18.2 Å². The van der Waals surface area contributed by atoms with Crippen LogP contribution in [0.15, 0.2) is 41.3 Å². The van der Waals surface area contributed by atoms with Gasteiger partial charge in [-0.1, -0.05) is 12.1 Å². The van der Waals surface area contributed by atoms with E-state index >= 15 is 0 Å². The maximum atomic E-state index is 13.1. The van der Waals surface area contributed by atoms with E-state index in [9.17, 15) is 14.0 Å². The number of rotatable bonds is 6. The van der Waals surface area contributed by atoms with Gasteiger partial charge in [0.2, 0.25) is 0 Å². The largest absolute Gasteiger partial charge is 0.455 e. The summed E-state index contributed by atoms with van der Waals surface area (Å²) < 4.78 is 18.0. The molecule has 0 aliphatic carbocycles. The van der Waals surface area contributed by atoms with Crippen molar-refractivity contribution in [1.82, 2.24) is 0 Å². The molecule has 0 aliphatic rings.